The molecule has 1 aromatic rings. The van der Waals surface area contributed by atoms with Crippen LogP contribution in [0.4, 0.5) is 13.2 Å². The number of methoxy groups -OCH3 is 1. The Bertz CT molecular complexity index is 453. The van der Waals surface area contributed by atoms with E-state index < -0.39 is 17.3 Å². The van der Waals surface area contributed by atoms with Gasteiger partial charge in [0.05, 0.1) is 23.3 Å². The van der Waals surface area contributed by atoms with Crippen molar-refractivity contribution in [3.8, 4) is 5.75 Å². The van der Waals surface area contributed by atoms with Gasteiger partial charge in [-0.05, 0) is 30.5 Å². The first-order chi connectivity index (χ1) is 7.78. The molecule has 0 amide bonds. The minimum Gasteiger partial charge on any atom is -0.495 e. The Kier molecular flexibility index (Phi) is 2.78. The SMILES string of the molecule is COc1cc(C(F)(F)F)c(C2(O)CC2)cc1Cl. The van der Waals surface area contributed by atoms with Gasteiger partial charge >= 0.3 is 6.18 Å². The predicted molar refractivity (Wildman–Crippen MR) is 56.1 cm³/mol. The summed E-state index contributed by atoms with van der Waals surface area (Å²) in [6.45, 7) is 0. The van der Waals surface area contributed by atoms with E-state index in [2.05, 4.69) is 0 Å². The molecule has 0 unspecified atom stereocenters. The largest absolute Gasteiger partial charge is 0.495 e. The number of rotatable bonds is 2. The van der Waals surface area contributed by atoms with Gasteiger partial charge in [-0.25, -0.2) is 0 Å². The first-order valence-electron chi connectivity index (χ1n) is 4.95. The van der Waals surface area contributed by atoms with Crippen molar-refractivity contribution >= 4 is 11.6 Å². The molecule has 0 spiro atoms. The van der Waals surface area contributed by atoms with E-state index >= 15 is 0 Å². The molecule has 2 nitrogen and oxygen atoms in total. The monoisotopic (exact) mass is 266 g/mol. The van der Waals surface area contributed by atoms with Gasteiger partial charge < -0.3 is 9.84 Å². The Morgan fingerprint density at radius 2 is 1.94 bits per heavy atom. The molecule has 6 heteroatoms. The highest BCUT2D eigenvalue weighted by Gasteiger charge is 2.48. The second-order valence-corrected chi connectivity index (χ2v) is 4.47. The van der Waals surface area contributed by atoms with Gasteiger partial charge in [0.1, 0.15) is 5.75 Å². The van der Waals surface area contributed by atoms with E-state index in [1.54, 1.807) is 0 Å². The number of hydrogen-bond acceptors (Lipinski definition) is 2. The first kappa shape index (κ1) is 12.5. The maximum atomic E-state index is 12.8. The van der Waals surface area contributed by atoms with Crippen molar-refractivity contribution in [1.29, 1.82) is 0 Å². The molecule has 1 saturated carbocycles. The molecule has 0 atom stereocenters. The van der Waals surface area contributed by atoms with Crippen LogP contribution in [0.25, 0.3) is 0 Å². The lowest BCUT2D eigenvalue weighted by Crippen LogP contribution is -2.16. The number of benzene rings is 1. The minimum atomic E-state index is -4.54. The Morgan fingerprint density at radius 3 is 2.35 bits per heavy atom. The van der Waals surface area contributed by atoms with Gasteiger partial charge in [-0.15, -0.1) is 0 Å². The van der Waals surface area contributed by atoms with E-state index in [0.717, 1.165) is 12.1 Å². The van der Waals surface area contributed by atoms with Crippen LogP contribution in [0.3, 0.4) is 0 Å². The van der Waals surface area contributed by atoms with Crippen molar-refractivity contribution < 1.29 is 23.0 Å². The minimum absolute atomic E-state index is 0.0491. The smallest absolute Gasteiger partial charge is 0.416 e. The summed E-state index contributed by atoms with van der Waals surface area (Å²) in [6.07, 6.45) is -3.90. The Labute approximate surface area is 101 Å². The lowest BCUT2D eigenvalue weighted by atomic mass is 10.00. The average molecular weight is 267 g/mol. The van der Waals surface area contributed by atoms with Gasteiger partial charge in [0, 0.05) is 0 Å². The summed E-state index contributed by atoms with van der Waals surface area (Å²) in [5.41, 5.74) is -2.45. The molecule has 0 saturated heterocycles. The molecule has 1 fully saturated rings. The van der Waals surface area contributed by atoms with Crippen molar-refractivity contribution in [1.82, 2.24) is 0 Å². The maximum Gasteiger partial charge on any atom is 0.416 e. The fraction of sp³-hybridized carbons (Fsp3) is 0.455. The summed E-state index contributed by atoms with van der Waals surface area (Å²) in [5, 5.41) is 9.90. The second kappa shape index (κ2) is 3.78. The molecule has 17 heavy (non-hydrogen) atoms. The van der Waals surface area contributed by atoms with Crippen LogP contribution >= 0.6 is 11.6 Å². The van der Waals surface area contributed by atoms with Crippen molar-refractivity contribution in [3.05, 3.63) is 28.3 Å². The molecule has 1 aliphatic rings. The van der Waals surface area contributed by atoms with E-state index in [1.165, 1.54) is 7.11 Å². The van der Waals surface area contributed by atoms with Gasteiger partial charge in [-0.3, -0.25) is 0 Å². The van der Waals surface area contributed by atoms with Crippen LogP contribution in [-0.2, 0) is 11.8 Å². The molecule has 0 aromatic heterocycles. The Balaban J connectivity index is 2.61. The number of ether oxygens (including phenoxy) is 1. The van der Waals surface area contributed by atoms with Gasteiger partial charge in [0.15, 0.2) is 0 Å². The molecule has 0 heterocycles. The van der Waals surface area contributed by atoms with Crippen LogP contribution in [0.5, 0.6) is 5.75 Å². The quantitative estimate of drug-likeness (QED) is 0.889. The van der Waals surface area contributed by atoms with Crippen LogP contribution in [0.2, 0.25) is 5.02 Å². The molecular weight excluding hydrogens is 257 g/mol. The van der Waals surface area contributed by atoms with Crippen molar-refractivity contribution in [3.63, 3.8) is 0 Å². The topological polar surface area (TPSA) is 29.5 Å². The number of aliphatic hydroxyl groups is 1. The van der Waals surface area contributed by atoms with Gasteiger partial charge in [-0.1, -0.05) is 11.6 Å². The maximum absolute atomic E-state index is 12.8. The van der Waals surface area contributed by atoms with E-state index in [0.29, 0.717) is 12.8 Å². The molecule has 2 rings (SSSR count). The van der Waals surface area contributed by atoms with Crippen LogP contribution in [0.1, 0.15) is 24.0 Å². The zero-order chi connectivity index (χ0) is 12.8. The summed E-state index contributed by atoms with van der Waals surface area (Å²) in [7, 11) is 1.24. The highest BCUT2D eigenvalue weighted by atomic mass is 35.5. The van der Waals surface area contributed by atoms with E-state index in [-0.39, 0.29) is 16.3 Å². The van der Waals surface area contributed by atoms with E-state index in [9.17, 15) is 18.3 Å². The van der Waals surface area contributed by atoms with Crippen molar-refractivity contribution in [2.75, 3.05) is 7.11 Å². The molecule has 94 valence electrons. The van der Waals surface area contributed by atoms with Gasteiger partial charge in [-0.2, -0.15) is 13.2 Å². The molecule has 0 bridgehead atoms. The fourth-order valence-electron chi connectivity index (χ4n) is 1.72. The zero-order valence-electron chi connectivity index (χ0n) is 8.94. The molecule has 1 aliphatic carbocycles. The Hall–Kier alpha value is -0.940. The van der Waals surface area contributed by atoms with Crippen molar-refractivity contribution in [2.45, 2.75) is 24.6 Å². The van der Waals surface area contributed by atoms with Crippen LogP contribution in [-0.4, -0.2) is 12.2 Å². The lowest BCUT2D eigenvalue weighted by Gasteiger charge is -2.18. The summed E-state index contributed by atoms with van der Waals surface area (Å²) in [6, 6.07) is 1.96. The van der Waals surface area contributed by atoms with Gasteiger partial charge in [0.25, 0.3) is 0 Å². The van der Waals surface area contributed by atoms with E-state index in [1.807, 2.05) is 0 Å². The first-order valence-corrected chi connectivity index (χ1v) is 5.33. The molecule has 0 radical (unpaired) electrons. The van der Waals surface area contributed by atoms with Crippen LogP contribution in [0, 0.1) is 0 Å². The number of alkyl halides is 3. The fourth-order valence-corrected chi connectivity index (χ4v) is 1.96. The molecular formula is C11H10ClF3O2. The Morgan fingerprint density at radius 1 is 1.35 bits per heavy atom. The lowest BCUT2D eigenvalue weighted by molar-refractivity contribution is -0.139. The summed E-state index contributed by atoms with van der Waals surface area (Å²) < 4.78 is 43.3. The summed E-state index contributed by atoms with van der Waals surface area (Å²) in [5.74, 6) is -0.0491. The van der Waals surface area contributed by atoms with Crippen LogP contribution in [0.15, 0.2) is 12.1 Å². The summed E-state index contributed by atoms with van der Waals surface area (Å²) >= 11 is 5.78. The third kappa shape index (κ3) is 2.21. The van der Waals surface area contributed by atoms with Crippen LogP contribution < -0.4 is 4.74 Å². The highest BCUT2D eigenvalue weighted by molar-refractivity contribution is 6.32. The standard InChI is InChI=1S/C11H10ClF3O2/c1-17-9-5-7(11(13,14)15)6(4-8(9)12)10(16)2-3-10/h4-5,16H,2-3H2,1H3. The highest BCUT2D eigenvalue weighted by Crippen LogP contribution is 2.51. The van der Waals surface area contributed by atoms with E-state index in [4.69, 9.17) is 16.3 Å². The van der Waals surface area contributed by atoms with Gasteiger partial charge in [0.2, 0.25) is 0 Å². The third-order valence-electron chi connectivity index (χ3n) is 2.82. The average Bonchev–Trinajstić information content (AvgIpc) is 2.95. The number of hydrogen-bond donors (Lipinski definition) is 1. The summed E-state index contributed by atoms with van der Waals surface area (Å²) in [4.78, 5) is 0. The molecule has 0 aliphatic heterocycles. The second-order valence-electron chi connectivity index (χ2n) is 4.06. The third-order valence-corrected chi connectivity index (χ3v) is 3.12. The molecule has 1 N–H and O–H groups in total. The number of halogens is 4. The molecule has 1 aromatic carbocycles. The predicted octanol–water partition coefficient (Wildman–Crippen LogP) is 3.35. The van der Waals surface area contributed by atoms with Crippen molar-refractivity contribution in [2.24, 2.45) is 0 Å². The normalized spacial score (nSPS) is 18.0. The zero-order valence-corrected chi connectivity index (χ0v) is 9.69.